The largest absolute Gasteiger partial charge is 0.465 e. The molecule has 0 saturated heterocycles. The van der Waals surface area contributed by atoms with Crippen LogP contribution in [0, 0.1) is 48.7 Å². The lowest BCUT2D eigenvalue weighted by Crippen LogP contribution is -2.68. The van der Waals surface area contributed by atoms with Gasteiger partial charge < -0.3 is 18.9 Å². The Balaban J connectivity index is 3.92. The van der Waals surface area contributed by atoms with Crippen molar-refractivity contribution in [2.75, 3.05) is 25.6 Å². The first kappa shape index (κ1) is 63.2. The number of carbonyl (C=O) groups is 3. The summed E-state index contributed by atoms with van der Waals surface area (Å²) in [5, 5.41) is 0.904. The van der Waals surface area contributed by atoms with Crippen LogP contribution in [-0.4, -0.2) is 59.7 Å². The van der Waals surface area contributed by atoms with Crippen LogP contribution in [0.1, 0.15) is 230 Å². The Bertz CT molecular complexity index is 1690. The predicted molar refractivity (Wildman–Crippen MR) is 285 cm³/mol. The molecule has 0 N–H and O–H groups in total. The molecular weight excluding hydrogens is 875 g/mol. The molecule has 0 amide bonds. The van der Waals surface area contributed by atoms with E-state index in [1.54, 1.807) is 27.8 Å². The van der Waals surface area contributed by atoms with E-state index in [0.29, 0.717) is 31.8 Å². The minimum atomic E-state index is -1.21. The maximum Gasteiger partial charge on any atom is 0.312 e. The highest BCUT2D eigenvalue weighted by Gasteiger charge is 2.72. The normalized spacial score (nSPS) is 16.4. The van der Waals surface area contributed by atoms with Gasteiger partial charge >= 0.3 is 17.9 Å². The molecular formula is C57H103NO7S2. The summed E-state index contributed by atoms with van der Waals surface area (Å²) >= 11 is 0. The van der Waals surface area contributed by atoms with Gasteiger partial charge in [0.1, 0.15) is 17.2 Å². The first-order chi connectivity index (χ1) is 30.3. The highest BCUT2D eigenvalue weighted by molar-refractivity contribution is 8.76. The molecule has 0 saturated carbocycles. The lowest BCUT2D eigenvalue weighted by atomic mass is 9.35. The summed E-state index contributed by atoms with van der Waals surface area (Å²) in [6, 6.07) is 5.82. The van der Waals surface area contributed by atoms with Crippen molar-refractivity contribution in [2.24, 2.45) is 48.7 Å². The van der Waals surface area contributed by atoms with Crippen LogP contribution >= 0.6 is 21.6 Å². The van der Waals surface area contributed by atoms with Gasteiger partial charge in [-0.15, -0.1) is 0 Å². The summed E-state index contributed by atoms with van der Waals surface area (Å²) in [6.07, 6.45) is 12.6. The second-order valence-corrected chi connectivity index (χ2v) is 28.1. The van der Waals surface area contributed by atoms with E-state index in [2.05, 4.69) is 123 Å². The van der Waals surface area contributed by atoms with Gasteiger partial charge in [0.2, 0.25) is 0 Å². The van der Waals surface area contributed by atoms with Crippen molar-refractivity contribution in [2.45, 2.75) is 246 Å². The molecule has 1 rings (SSSR count). The van der Waals surface area contributed by atoms with Gasteiger partial charge in [-0.1, -0.05) is 166 Å². The quantitative estimate of drug-likeness (QED) is 0.0321. The molecule has 0 radical (unpaired) electrons. The molecule has 1 aromatic heterocycles. The van der Waals surface area contributed by atoms with E-state index >= 15 is 4.79 Å². The minimum Gasteiger partial charge on any atom is -0.465 e. The van der Waals surface area contributed by atoms with Crippen LogP contribution in [0.15, 0.2) is 29.4 Å². The van der Waals surface area contributed by atoms with Crippen LogP contribution in [0.3, 0.4) is 0 Å². The van der Waals surface area contributed by atoms with Gasteiger partial charge in [-0.25, -0.2) is 4.98 Å². The molecule has 1 heterocycles. The Morgan fingerprint density at radius 1 is 0.567 bits per heavy atom. The summed E-state index contributed by atoms with van der Waals surface area (Å²) in [4.78, 5) is 50.0. The molecule has 0 bridgehead atoms. The minimum absolute atomic E-state index is 0.240. The summed E-state index contributed by atoms with van der Waals surface area (Å²) < 4.78 is 25.4. The molecule has 0 aliphatic heterocycles. The highest BCUT2D eigenvalue weighted by atomic mass is 33.1. The van der Waals surface area contributed by atoms with Crippen LogP contribution < -0.4 is 0 Å². The Labute approximate surface area is 420 Å². The number of esters is 3. The maximum atomic E-state index is 15.6. The average molecular weight is 979 g/mol. The summed E-state index contributed by atoms with van der Waals surface area (Å²) in [5.41, 5.74) is -8.65. The van der Waals surface area contributed by atoms with E-state index in [-0.39, 0.29) is 30.1 Å². The molecule has 3 unspecified atom stereocenters. The number of unbranched alkanes of at least 4 members (excludes halogenated alkanes) is 7. The van der Waals surface area contributed by atoms with Gasteiger partial charge in [0, 0.05) is 18.4 Å². The van der Waals surface area contributed by atoms with Crippen molar-refractivity contribution in [3.05, 3.63) is 24.4 Å². The zero-order valence-electron chi connectivity index (χ0n) is 47.5. The monoisotopic (exact) mass is 978 g/mol. The Kier molecular flexibility index (Phi) is 23.2. The molecule has 3 atom stereocenters. The molecule has 8 nitrogen and oxygen atoms in total. The van der Waals surface area contributed by atoms with Gasteiger partial charge in [-0.2, -0.15) is 0 Å². The molecule has 0 spiro atoms. The summed E-state index contributed by atoms with van der Waals surface area (Å²) in [5.74, 6) is -0.220. The van der Waals surface area contributed by atoms with Gasteiger partial charge in [-0.3, -0.25) is 14.4 Å². The Morgan fingerprint density at radius 3 is 1.57 bits per heavy atom. The van der Waals surface area contributed by atoms with Crippen molar-refractivity contribution in [3.8, 4) is 0 Å². The maximum absolute atomic E-state index is 15.6. The fraction of sp³-hybridized carbons (Fsp3) is 0.860. The topological polar surface area (TPSA) is 101 Å². The molecule has 67 heavy (non-hydrogen) atoms. The molecule has 10 heteroatoms. The van der Waals surface area contributed by atoms with Crippen LogP contribution in [-0.2, 0) is 33.3 Å². The average Bonchev–Trinajstić information content (AvgIpc) is 3.20. The Morgan fingerprint density at radius 2 is 1.07 bits per heavy atom. The van der Waals surface area contributed by atoms with E-state index < -0.39 is 54.3 Å². The van der Waals surface area contributed by atoms with E-state index in [1.165, 1.54) is 32.1 Å². The second kappa shape index (κ2) is 24.6. The van der Waals surface area contributed by atoms with Crippen LogP contribution in [0.2, 0.25) is 0 Å². The molecule has 390 valence electrons. The smallest absolute Gasteiger partial charge is 0.312 e. The van der Waals surface area contributed by atoms with Gasteiger partial charge in [0.05, 0.1) is 35.1 Å². The van der Waals surface area contributed by atoms with E-state index in [9.17, 15) is 9.59 Å². The molecule has 0 aromatic carbocycles. The standard InChI is InChI=1S/C57H103NO7S2/c1-24-26-27-28-29-30-31-34-38-62-46(61)57(23,54(19,20)53(17,18)56(22,47(3,4)5)45(60)63-40-41-66-67-43-35-32-33-37-58-43)52(15,16)50(11,12)42-55(21,49(9,10)25-2)44(59)65-51(13,14)36-39-64-48(6,7)8/h32-33,35,37H,24-31,34,36,38-42H2,1-23H3. The lowest BCUT2D eigenvalue weighted by Gasteiger charge is -2.67. The third-order valence-corrected chi connectivity index (χ3v) is 20.2. The van der Waals surface area contributed by atoms with Crippen LogP contribution in [0.25, 0.3) is 0 Å². The fourth-order valence-electron chi connectivity index (χ4n) is 10.2. The van der Waals surface area contributed by atoms with Crippen LogP contribution in [0.5, 0.6) is 0 Å². The molecule has 0 aliphatic rings. The predicted octanol–water partition coefficient (Wildman–Crippen LogP) is 16.6. The molecule has 0 aliphatic carbocycles. The highest BCUT2D eigenvalue weighted by Crippen LogP contribution is 2.72. The van der Waals surface area contributed by atoms with Crippen molar-refractivity contribution < 1.29 is 33.3 Å². The van der Waals surface area contributed by atoms with Crippen molar-refractivity contribution in [1.82, 2.24) is 4.98 Å². The van der Waals surface area contributed by atoms with Crippen molar-refractivity contribution in [3.63, 3.8) is 0 Å². The lowest BCUT2D eigenvalue weighted by molar-refractivity contribution is -0.233. The molecule has 0 fully saturated rings. The third kappa shape index (κ3) is 15.1. The number of hydrogen-bond donors (Lipinski definition) is 0. The number of ether oxygens (including phenoxy) is 4. The SMILES string of the molecule is CCCCCCCCCCOC(=O)C(C)(C(C)(C)C(C)(C)CC(C)(C(=O)OC(C)(C)CCOC(C)(C)C)C(C)(C)CC)C(C)(C)C(C)(C)C(C)(C(=O)OCCSSc1ccccn1)C(C)(C)C. The second-order valence-electron chi connectivity index (χ2n) is 25.7. The van der Waals surface area contributed by atoms with Gasteiger partial charge in [-0.05, 0) is 130 Å². The Hall–Kier alpha value is -1.78. The third-order valence-electron chi connectivity index (χ3n) is 18.0. The number of rotatable bonds is 30. The zero-order valence-corrected chi connectivity index (χ0v) is 49.2. The van der Waals surface area contributed by atoms with Gasteiger partial charge in [0.25, 0.3) is 0 Å². The molecule has 1 aromatic rings. The number of nitrogens with zero attached hydrogens (tertiary/aromatic N) is 1. The first-order valence-electron chi connectivity index (χ1n) is 25.8. The number of pyridine rings is 1. The number of carbonyl (C=O) groups excluding carboxylic acids is 3. The summed E-state index contributed by atoms with van der Waals surface area (Å²) in [7, 11) is 3.17. The van der Waals surface area contributed by atoms with Gasteiger partial charge in [0.15, 0.2) is 0 Å². The van der Waals surface area contributed by atoms with E-state index in [4.69, 9.17) is 18.9 Å². The first-order valence-corrected chi connectivity index (χ1v) is 28.1. The number of aromatic nitrogens is 1. The van der Waals surface area contributed by atoms with Crippen molar-refractivity contribution >= 4 is 39.5 Å². The van der Waals surface area contributed by atoms with Crippen molar-refractivity contribution in [1.29, 1.82) is 0 Å². The van der Waals surface area contributed by atoms with E-state index in [0.717, 1.165) is 30.7 Å². The fourth-order valence-corrected chi connectivity index (χ4v) is 11.9. The van der Waals surface area contributed by atoms with Crippen LogP contribution in [0.4, 0.5) is 0 Å². The zero-order chi connectivity index (χ0) is 52.2. The summed E-state index contributed by atoms with van der Waals surface area (Å²) in [6.45, 7) is 49.6. The van der Waals surface area contributed by atoms with E-state index in [1.807, 2.05) is 59.7 Å². The number of hydrogen-bond acceptors (Lipinski definition) is 10.